The molecule has 0 aromatic heterocycles. The molecule has 3 aliphatic heterocycles. The molecule has 3 heterocycles. The molecule has 156 valence electrons. The molecule has 0 bridgehead atoms. The third-order valence-electron chi connectivity index (χ3n) is 5.43. The standard InChI is InChI=1S/C21H26N2O6/c1-20(2,3)29-19(26)22-9-8-21(27-10-11-28-21)12-16(22)18(25)23-13-14-6-4-5-7-15(14)17(23)24/h4-7,16H,8-13H2,1-3H3. The van der Waals surface area contributed by atoms with E-state index in [0.717, 1.165) is 5.56 Å². The van der Waals surface area contributed by atoms with Gasteiger partial charge in [0.15, 0.2) is 5.79 Å². The summed E-state index contributed by atoms with van der Waals surface area (Å²) in [6, 6.07) is 6.26. The molecule has 29 heavy (non-hydrogen) atoms. The lowest BCUT2D eigenvalue weighted by molar-refractivity contribution is -0.197. The third-order valence-corrected chi connectivity index (χ3v) is 5.43. The van der Waals surface area contributed by atoms with Crippen molar-refractivity contribution >= 4 is 17.9 Å². The van der Waals surface area contributed by atoms with Crippen LogP contribution in [0.15, 0.2) is 24.3 Å². The summed E-state index contributed by atoms with van der Waals surface area (Å²) in [7, 11) is 0. The molecule has 1 aromatic carbocycles. The average Bonchev–Trinajstić information content (AvgIpc) is 3.25. The highest BCUT2D eigenvalue weighted by Crippen LogP contribution is 2.37. The second-order valence-electron chi connectivity index (χ2n) is 8.64. The number of hydrogen-bond donors (Lipinski definition) is 0. The number of rotatable bonds is 1. The minimum absolute atomic E-state index is 0.172. The van der Waals surface area contributed by atoms with E-state index in [1.807, 2.05) is 12.1 Å². The number of piperidine rings is 1. The Morgan fingerprint density at radius 2 is 1.86 bits per heavy atom. The minimum Gasteiger partial charge on any atom is -0.444 e. The predicted molar refractivity (Wildman–Crippen MR) is 102 cm³/mol. The summed E-state index contributed by atoms with van der Waals surface area (Å²) in [5.41, 5.74) is 0.622. The molecule has 0 radical (unpaired) electrons. The van der Waals surface area contributed by atoms with Gasteiger partial charge in [-0.3, -0.25) is 19.4 Å². The van der Waals surface area contributed by atoms with Gasteiger partial charge in [0.1, 0.15) is 11.6 Å². The molecule has 8 heteroatoms. The molecule has 2 fully saturated rings. The van der Waals surface area contributed by atoms with Gasteiger partial charge >= 0.3 is 6.09 Å². The van der Waals surface area contributed by atoms with Gasteiger partial charge < -0.3 is 14.2 Å². The van der Waals surface area contributed by atoms with E-state index in [-0.39, 0.29) is 25.4 Å². The normalized spacial score (nSPS) is 23.4. The van der Waals surface area contributed by atoms with E-state index in [1.165, 1.54) is 9.80 Å². The van der Waals surface area contributed by atoms with Gasteiger partial charge in [0, 0.05) is 24.9 Å². The molecule has 0 saturated carbocycles. The van der Waals surface area contributed by atoms with E-state index in [1.54, 1.807) is 32.9 Å². The zero-order chi connectivity index (χ0) is 20.8. The molecule has 8 nitrogen and oxygen atoms in total. The fraction of sp³-hybridized carbons (Fsp3) is 0.571. The predicted octanol–water partition coefficient (Wildman–Crippen LogP) is 2.31. The molecule has 3 amide bonds. The Kier molecular flexibility index (Phi) is 4.86. The van der Waals surface area contributed by atoms with Crippen LogP contribution in [0.25, 0.3) is 0 Å². The van der Waals surface area contributed by atoms with Crippen LogP contribution in [-0.4, -0.2) is 64.9 Å². The SMILES string of the molecule is CC(C)(C)OC(=O)N1CCC2(CC1C(=O)N1Cc3ccccc3C1=O)OCCO2. The first-order valence-electron chi connectivity index (χ1n) is 9.90. The maximum absolute atomic E-state index is 13.4. The number of likely N-dealkylation sites (tertiary alicyclic amines) is 1. The summed E-state index contributed by atoms with van der Waals surface area (Å²) in [6.45, 7) is 6.66. The van der Waals surface area contributed by atoms with Crippen molar-refractivity contribution in [3.05, 3.63) is 35.4 Å². The minimum atomic E-state index is -0.894. The van der Waals surface area contributed by atoms with Gasteiger partial charge in [0.2, 0.25) is 0 Å². The molecule has 0 N–H and O–H groups in total. The molecule has 2 saturated heterocycles. The van der Waals surface area contributed by atoms with Crippen molar-refractivity contribution in [2.45, 2.75) is 57.6 Å². The lowest BCUT2D eigenvalue weighted by Crippen LogP contribution is -2.59. The van der Waals surface area contributed by atoms with E-state index in [4.69, 9.17) is 14.2 Å². The highest BCUT2D eigenvalue weighted by atomic mass is 16.7. The Balaban J connectivity index is 1.60. The van der Waals surface area contributed by atoms with Crippen LogP contribution in [0.1, 0.15) is 49.5 Å². The molecule has 1 unspecified atom stereocenters. The largest absolute Gasteiger partial charge is 0.444 e. The second-order valence-corrected chi connectivity index (χ2v) is 8.64. The Morgan fingerprint density at radius 1 is 1.17 bits per heavy atom. The smallest absolute Gasteiger partial charge is 0.410 e. The van der Waals surface area contributed by atoms with E-state index in [9.17, 15) is 14.4 Å². The first-order valence-corrected chi connectivity index (χ1v) is 9.90. The molecule has 1 spiro atoms. The number of carbonyl (C=O) groups is 3. The topological polar surface area (TPSA) is 85.4 Å². The van der Waals surface area contributed by atoms with Gasteiger partial charge in [0.25, 0.3) is 11.8 Å². The zero-order valence-corrected chi connectivity index (χ0v) is 17.0. The molecular formula is C21H26N2O6. The Morgan fingerprint density at radius 3 is 2.52 bits per heavy atom. The van der Waals surface area contributed by atoms with E-state index in [2.05, 4.69) is 0 Å². The Labute approximate surface area is 169 Å². The van der Waals surface area contributed by atoms with Crippen LogP contribution in [0.5, 0.6) is 0 Å². The van der Waals surface area contributed by atoms with Crippen molar-refractivity contribution in [3.8, 4) is 0 Å². The molecule has 3 aliphatic rings. The third kappa shape index (κ3) is 3.74. The molecule has 0 aliphatic carbocycles. The van der Waals surface area contributed by atoms with Gasteiger partial charge in [-0.25, -0.2) is 4.79 Å². The average molecular weight is 402 g/mol. The number of amides is 3. The quantitative estimate of drug-likeness (QED) is 0.670. The van der Waals surface area contributed by atoms with Gasteiger partial charge in [0.05, 0.1) is 19.8 Å². The number of hydrogen-bond acceptors (Lipinski definition) is 6. The fourth-order valence-corrected chi connectivity index (χ4v) is 4.08. The van der Waals surface area contributed by atoms with Crippen LogP contribution < -0.4 is 0 Å². The first kappa shape index (κ1) is 19.8. The first-order chi connectivity index (χ1) is 13.7. The highest BCUT2D eigenvalue weighted by Gasteiger charge is 2.51. The van der Waals surface area contributed by atoms with Crippen LogP contribution in [0.2, 0.25) is 0 Å². The van der Waals surface area contributed by atoms with Crippen LogP contribution in [-0.2, 0) is 25.5 Å². The summed E-state index contributed by atoms with van der Waals surface area (Å²) < 4.78 is 17.1. The fourth-order valence-electron chi connectivity index (χ4n) is 4.08. The van der Waals surface area contributed by atoms with Crippen molar-refractivity contribution in [1.29, 1.82) is 0 Å². The second kappa shape index (κ2) is 7.11. The lowest BCUT2D eigenvalue weighted by Gasteiger charge is -2.43. The van der Waals surface area contributed by atoms with Crippen LogP contribution in [0.4, 0.5) is 4.79 Å². The van der Waals surface area contributed by atoms with Crippen molar-refractivity contribution in [3.63, 3.8) is 0 Å². The van der Waals surface area contributed by atoms with Crippen molar-refractivity contribution in [2.24, 2.45) is 0 Å². The molecular weight excluding hydrogens is 376 g/mol. The summed E-state index contributed by atoms with van der Waals surface area (Å²) in [5.74, 6) is -1.67. The van der Waals surface area contributed by atoms with Crippen LogP contribution in [0.3, 0.4) is 0 Å². The molecule has 1 atom stereocenters. The Hall–Kier alpha value is -2.45. The van der Waals surface area contributed by atoms with E-state index >= 15 is 0 Å². The van der Waals surface area contributed by atoms with E-state index in [0.29, 0.717) is 25.2 Å². The maximum Gasteiger partial charge on any atom is 0.410 e. The van der Waals surface area contributed by atoms with Crippen molar-refractivity contribution < 1.29 is 28.6 Å². The van der Waals surface area contributed by atoms with Crippen molar-refractivity contribution in [2.75, 3.05) is 19.8 Å². The Bertz CT molecular complexity index is 840. The van der Waals surface area contributed by atoms with Gasteiger partial charge in [-0.05, 0) is 32.4 Å². The van der Waals surface area contributed by atoms with Crippen LogP contribution >= 0.6 is 0 Å². The molecule has 4 rings (SSSR count). The monoisotopic (exact) mass is 402 g/mol. The lowest BCUT2D eigenvalue weighted by atomic mass is 9.95. The number of fused-ring (bicyclic) bond motifs is 1. The summed E-state index contributed by atoms with van der Waals surface area (Å²) in [6.07, 6.45) is 0.0444. The van der Waals surface area contributed by atoms with Crippen molar-refractivity contribution in [1.82, 2.24) is 9.80 Å². The van der Waals surface area contributed by atoms with Gasteiger partial charge in [-0.1, -0.05) is 18.2 Å². The van der Waals surface area contributed by atoms with Crippen LogP contribution in [0, 0.1) is 0 Å². The number of nitrogens with zero attached hydrogens (tertiary/aromatic N) is 2. The number of imide groups is 1. The van der Waals surface area contributed by atoms with Gasteiger partial charge in [-0.15, -0.1) is 0 Å². The highest BCUT2D eigenvalue weighted by molar-refractivity contribution is 6.09. The number of carbonyl (C=O) groups excluding carboxylic acids is 3. The van der Waals surface area contributed by atoms with Gasteiger partial charge in [-0.2, -0.15) is 0 Å². The number of benzene rings is 1. The summed E-state index contributed by atoms with van der Waals surface area (Å²) in [5, 5.41) is 0. The number of ether oxygens (including phenoxy) is 3. The summed E-state index contributed by atoms with van der Waals surface area (Å²) >= 11 is 0. The molecule has 1 aromatic rings. The zero-order valence-electron chi connectivity index (χ0n) is 17.0. The summed E-state index contributed by atoms with van der Waals surface area (Å²) in [4.78, 5) is 41.7. The van der Waals surface area contributed by atoms with E-state index < -0.39 is 29.4 Å². The maximum atomic E-state index is 13.4.